The van der Waals surface area contributed by atoms with Gasteiger partial charge in [-0.05, 0) is 62.3 Å². The van der Waals surface area contributed by atoms with Gasteiger partial charge in [0, 0.05) is 30.9 Å². The van der Waals surface area contributed by atoms with Crippen LogP contribution in [0.25, 0.3) is 0 Å². The third-order valence-corrected chi connectivity index (χ3v) is 7.09. The smallest absolute Gasteiger partial charge is 0.341 e. The van der Waals surface area contributed by atoms with Gasteiger partial charge in [-0.1, -0.05) is 36.4 Å². The molecule has 0 aliphatic rings. The van der Waals surface area contributed by atoms with E-state index in [0.717, 1.165) is 16.9 Å². The molecule has 0 saturated heterocycles. The molecule has 1 heterocycles. The van der Waals surface area contributed by atoms with Crippen molar-refractivity contribution in [2.75, 3.05) is 30.8 Å². The van der Waals surface area contributed by atoms with Crippen molar-refractivity contribution in [1.82, 2.24) is 10.2 Å². The molecule has 0 fully saturated rings. The lowest BCUT2D eigenvalue weighted by Crippen LogP contribution is -2.30. The highest BCUT2D eigenvalue weighted by Crippen LogP contribution is 2.34. The average Bonchev–Trinajstić information content (AvgIpc) is 3.23. The van der Waals surface area contributed by atoms with Crippen LogP contribution in [0.3, 0.4) is 0 Å². The summed E-state index contributed by atoms with van der Waals surface area (Å²) < 4.78 is 4.96. The van der Waals surface area contributed by atoms with Crippen molar-refractivity contribution in [3.63, 3.8) is 0 Å². The molecule has 0 unspecified atom stereocenters. The van der Waals surface area contributed by atoms with Crippen LogP contribution < -0.4 is 16.0 Å². The van der Waals surface area contributed by atoms with Crippen LogP contribution in [0.4, 0.5) is 10.7 Å². The molecule has 37 heavy (non-hydrogen) atoms. The van der Waals surface area contributed by atoms with E-state index < -0.39 is 5.97 Å². The van der Waals surface area contributed by atoms with E-state index in [1.165, 1.54) is 7.11 Å². The lowest BCUT2D eigenvalue weighted by molar-refractivity contribution is 0.0601. The summed E-state index contributed by atoms with van der Waals surface area (Å²) in [5.41, 5.74) is 2.87. The number of hydrogen-bond donors (Lipinski definition) is 3. The van der Waals surface area contributed by atoms with Crippen molar-refractivity contribution in [3.8, 4) is 0 Å². The van der Waals surface area contributed by atoms with Gasteiger partial charge in [0.1, 0.15) is 5.00 Å². The molecule has 0 bridgehead atoms. The highest BCUT2D eigenvalue weighted by molar-refractivity contribution is 7.80. The summed E-state index contributed by atoms with van der Waals surface area (Å²) in [6.07, 6.45) is 0. The first-order valence-electron chi connectivity index (χ1n) is 11.8. The number of thiophene rings is 1. The molecule has 8 nitrogen and oxygen atoms in total. The van der Waals surface area contributed by atoms with Gasteiger partial charge in [-0.2, -0.15) is 0 Å². The highest BCUT2D eigenvalue weighted by Gasteiger charge is 2.27. The number of rotatable bonds is 9. The fraction of sp³-hybridized carbons (Fsp3) is 0.259. The first-order chi connectivity index (χ1) is 17.8. The molecule has 0 radical (unpaired) electrons. The van der Waals surface area contributed by atoms with Gasteiger partial charge in [-0.15, -0.1) is 11.3 Å². The maximum Gasteiger partial charge on any atom is 0.341 e. The van der Waals surface area contributed by atoms with Gasteiger partial charge >= 0.3 is 5.97 Å². The number of carbonyl (C=O) groups excluding carboxylic acids is 3. The van der Waals surface area contributed by atoms with Crippen molar-refractivity contribution >= 4 is 57.1 Å². The van der Waals surface area contributed by atoms with Crippen LogP contribution in [0.15, 0.2) is 54.6 Å². The Morgan fingerprint density at radius 1 is 1.00 bits per heavy atom. The Balaban J connectivity index is 1.74. The number of anilines is 2. The predicted molar refractivity (Wildman–Crippen MR) is 152 cm³/mol. The minimum absolute atomic E-state index is 0.154. The molecule has 2 aromatic carbocycles. The van der Waals surface area contributed by atoms with Gasteiger partial charge < -0.3 is 25.6 Å². The van der Waals surface area contributed by atoms with E-state index in [2.05, 4.69) is 16.0 Å². The zero-order chi connectivity index (χ0) is 26.9. The third-order valence-electron chi connectivity index (χ3n) is 5.69. The van der Waals surface area contributed by atoms with Crippen LogP contribution in [0.5, 0.6) is 0 Å². The number of benzene rings is 2. The SMILES string of the molecule is CCN(CC)C(=O)c1sc(NC(=S)Nc2cccc(C(=O)NCc3ccccc3)c2)c(C(=O)OC)c1C. The van der Waals surface area contributed by atoms with Crippen LogP contribution in [0, 0.1) is 6.92 Å². The normalized spacial score (nSPS) is 10.4. The van der Waals surface area contributed by atoms with Crippen molar-refractivity contribution in [3.05, 3.63) is 81.7 Å². The molecule has 0 aliphatic heterocycles. The molecule has 194 valence electrons. The summed E-state index contributed by atoms with van der Waals surface area (Å²) in [5, 5.41) is 9.59. The van der Waals surface area contributed by atoms with Gasteiger partial charge in [-0.3, -0.25) is 9.59 Å². The molecular weight excluding hydrogens is 508 g/mol. The number of ether oxygens (including phenoxy) is 1. The quantitative estimate of drug-likeness (QED) is 0.259. The molecule has 0 saturated carbocycles. The van der Waals surface area contributed by atoms with E-state index in [4.69, 9.17) is 17.0 Å². The van der Waals surface area contributed by atoms with Crippen molar-refractivity contribution in [2.45, 2.75) is 27.3 Å². The number of nitrogens with zero attached hydrogens (tertiary/aromatic N) is 1. The van der Waals surface area contributed by atoms with Gasteiger partial charge in [-0.25, -0.2) is 4.79 Å². The number of thiocarbonyl (C=S) groups is 1. The molecule has 0 aliphatic carbocycles. The van der Waals surface area contributed by atoms with Crippen LogP contribution in [0.2, 0.25) is 0 Å². The van der Waals surface area contributed by atoms with Gasteiger partial charge in [0.05, 0.1) is 17.6 Å². The molecule has 0 atom stereocenters. The van der Waals surface area contributed by atoms with Crippen LogP contribution in [-0.4, -0.2) is 48.0 Å². The van der Waals surface area contributed by atoms with Crippen LogP contribution >= 0.6 is 23.6 Å². The molecular formula is C27H30N4O4S2. The Bertz CT molecular complexity index is 1290. The van der Waals surface area contributed by atoms with E-state index in [1.54, 1.807) is 36.1 Å². The minimum Gasteiger partial charge on any atom is -0.465 e. The standard InChI is InChI=1S/C27H30N4O4S2/c1-5-31(6-2)25(33)22-17(3)21(26(34)35-4)24(37-22)30-27(36)29-20-14-10-13-19(15-20)23(32)28-16-18-11-8-7-9-12-18/h7-15H,5-6,16H2,1-4H3,(H,28,32)(H2,29,30,36). The van der Waals surface area contributed by atoms with Gasteiger partial charge in [0.2, 0.25) is 0 Å². The molecule has 3 rings (SSSR count). The number of amides is 2. The predicted octanol–water partition coefficient (Wildman–Crippen LogP) is 5.06. The molecule has 3 aromatic rings. The lowest BCUT2D eigenvalue weighted by atomic mass is 10.1. The third kappa shape index (κ3) is 6.93. The van der Waals surface area contributed by atoms with Gasteiger partial charge in [0.25, 0.3) is 11.8 Å². The highest BCUT2D eigenvalue weighted by atomic mass is 32.1. The second-order valence-electron chi connectivity index (χ2n) is 8.06. The Morgan fingerprint density at radius 2 is 1.70 bits per heavy atom. The summed E-state index contributed by atoms with van der Waals surface area (Å²) in [6.45, 7) is 7.05. The van der Waals surface area contributed by atoms with Crippen LogP contribution in [0.1, 0.15) is 55.4 Å². The van der Waals surface area contributed by atoms with E-state index in [0.29, 0.717) is 46.3 Å². The maximum absolute atomic E-state index is 13.0. The molecule has 2 amide bonds. The Hall–Kier alpha value is -3.76. The molecule has 10 heteroatoms. The fourth-order valence-electron chi connectivity index (χ4n) is 3.69. The van der Waals surface area contributed by atoms with Crippen molar-refractivity contribution < 1.29 is 19.1 Å². The number of nitrogens with one attached hydrogen (secondary N) is 3. The number of esters is 1. The first kappa shape index (κ1) is 27.8. The van der Waals surface area contributed by atoms with E-state index in [1.807, 2.05) is 44.2 Å². The second kappa shape index (κ2) is 13.0. The molecule has 3 N–H and O–H groups in total. The topological polar surface area (TPSA) is 99.8 Å². The minimum atomic E-state index is -0.560. The molecule has 1 aromatic heterocycles. The Kier molecular flexibility index (Phi) is 9.76. The van der Waals surface area contributed by atoms with E-state index in [-0.39, 0.29) is 22.5 Å². The van der Waals surface area contributed by atoms with Crippen molar-refractivity contribution in [1.29, 1.82) is 0 Å². The second-order valence-corrected chi connectivity index (χ2v) is 9.49. The van der Waals surface area contributed by atoms with Crippen LogP contribution in [-0.2, 0) is 11.3 Å². The average molecular weight is 539 g/mol. The zero-order valence-corrected chi connectivity index (χ0v) is 22.8. The Labute approximate surface area is 226 Å². The Morgan fingerprint density at radius 3 is 2.35 bits per heavy atom. The summed E-state index contributed by atoms with van der Waals surface area (Å²) in [4.78, 5) is 40.3. The lowest BCUT2D eigenvalue weighted by Gasteiger charge is -2.18. The number of carbonyl (C=O) groups is 3. The van der Waals surface area contributed by atoms with E-state index in [9.17, 15) is 14.4 Å². The monoisotopic (exact) mass is 538 g/mol. The summed E-state index contributed by atoms with van der Waals surface area (Å²) >= 11 is 6.63. The van der Waals surface area contributed by atoms with Gasteiger partial charge in [0.15, 0.2) is 5.11 Å². The van der Waals surface area contributed by atoms with E-state index >= 15 is 0 Å². The number of methoxy groups -OCH3 is 1. The summed E-state index contributed by atoms with van der Waals surface area (Å²) in [7, 11) is 1.29. The zero-order valence-electron chi connectivity index (χ0n) is 21.2. The fourth-order valence-corrected chi connectivity index (χ4v) is 5.14. The summed E-state index contributed by atoms with van der Waals surface area (Å²) in [6, 6.07) is 16.6. The summed E-state index contributed by atoms with van der Waals surface area (Å²) in [5.74, 6) is -0.929. The maximum atomic E-state index is 13.0. The van der Waals surface area contributed by atoms with Crippen molar-refractivity contribution in [2.24, 2.45) is 0 Å². The first-order valence-corrected chi connectivity index (χ1v) is 13.0. The number of hydrogen-bond acceptors (Lipinski definition) is 6. The largest absolute Gasteiger partial charge is 0.465 e. The molecule has 0 spiro atoms.